The molecule has 0 aliphatic carbocycles. The first-order valence-corrected chi connectivity index (χ1v) is 9.10. The standard InChI is InChI=1S/C18H17ClN6O3/c1-2-11-8-20-25-17(11)18(27)24(10-21-25)9-16-22-15(23-28-16)7-14(26)12-3-5-13(19)6-4-12/h3-6,8,10,14,26H,2,7,9H2,1H3. The smallest absolute Gasteiger partial charge is 0.280 e. The zero-order valence-corrected chi connectivity index (χ0v) is 15.7. The molecule has 0 saturated carbocycles. The van der Waals surface area contributed by atoms with Crippen LogP contribution in [0.2, 0.25) is 5.02 Å². The zero-order chi connectivity index (χ0) is 19.7. The fraction of sp³-hybridized carbons (Fsp3) is 0.278. The molecule has 4 rings (SSSR count). The highest BCUT2D eigenvalue weighted by atomic mass is 35.5. The third kappa shape index (κ3) is 3.54. The number of fused-ring (bicyclic) bond motifs is 1. The van der Waals surface area contributed by atoms with Crippen LogP contribution in [-0.2, 0) is 19.4 Å². The molecule has 9 nitrogen and oxygen atoms in total. The third-order valence-corrected chi connectivity index (χ3v) is 4.67. The van der Waals surface area contributed by atoms with Gasteiger partial charge in [0.2, 0.25) is 5.89 Å². The van der Waals surface area contributed by atoms with E-state index in [1.165, 1.54) is 15.5 Å². The largest absolute Gasteiger partial charge is 0.388 e. The summed E-state index contributed by atoms with van der Waals surface area (Å²) in [5.41, 5.74) is 1.73. The minimum Gasteiger partial charge on any atom is -0.388 e. The molecule has 0 amide bonds. The lowest BCUT2D eigenvalue weighted by molar-refractivity contribution is 0.174. The molecule has 0 fully saturated rings. The summed E-state index contributed by atoms with van der Waals surface area (Å²) in [6.45, 7) is 2.03. The highest BCUT2D eigenvalue weighted by Gasteiger charge is 2.16. The molecule has 1 aromatic carbocycles. The van der Waals surface area contributed by atoms with Gasteiger partial charge in [0.25, 0.3) is 5.56 Å². The van der Waals surface area contributed by atoms with Crippen molar-refractivity contribution in [2.45, 2.75) is 32.4 Å². The molecule has 0 saturated heterocycles. The van der Waals surface area contributed by atoms with E-state index in [0.29, 0.717) is 28.3 Å². The van der Waals surface area contributed by atoms with Crippen molar-refractivity contribution in [3.63, 3.8) is 0 Å². The molecule has 3 aromatic heterocycles. The average molecular weight is 401 g/mol. The van der Waals surface area contributed by atoms with Gasteiger partial charge in [-0.25, -0.2) is 0 Å². The molecular formula is C18H17ClN6O3. The average Bonchev–Trinajstić information content (AvgIpc) is 3.31. The van der Waals surface area contributed by atoms with Gasteiger partial charge in [-0.2, -0.15) is 10.1 Å². The Morgan fingerprint density at radius 2 is 2.04 bits per heavy atom. The number of nitrogens with zero attached hydrogens (tertiary/aromatic N) is 6. The van der Waals surface area contributed by atoms with Gasteiger partial charge in [0, 0.05) is 17.0 Å². The predicted molar refractivity (Wildman–Crippen MR) is 100 cm³/mol. The van der Waals surface area contributed by atoms with Gasteiger partial charge in [0.15, 0.2) is 11.3 Å². The molecule has 1 unspecified atom stereocenters. The molecule has 4 aromatic rings. The van der Waals surface area contributed by atoms with E-state index in [9.17, 15) is 9.90 Å². The lowest BCUT2D eigenvalue weighted by Crippen LogP contribution is -2.24. The van der Waals surface area contributed by atoms with E-state index in [2.05, 4.69) is 20.3 Å². The number of hydrogen-bond acceptors (Lipinski definition) is 7. The van der Waals surface area contributed by atoms with E-state index in [-0.39, 0.29) is 24.4 Å². The van der Waals surface area contributed by atoms with E-state index < -0.39 is 6.10 Å². The number of aromatic nitrogens is 6. The molecule has 10 heteroatoms. The summed E-state index contributed by atoms with van der Waals surface area (Å²) in [5.74, 6) is 0.599. The number of halogens is 1. The Hall–Kier alpha value is -3.04. The highest BCUT2D eigenvalue weighted by molar-refractivity contribution is 6.30. The normalized spacial score (nSPS) is 12.5. The second-order valence-corrected chi connectivity index (χ2v) is 6.74. The number of rotatable bonds is 6. The summed E-state index contributed by atoms with van der Waals surface area (Å²) < 4.78 is 7.94. The fourth-order valence-electron chi connectivity index (χ4n) is 2.91. The maximum absolute atomic E-state index is 12.7. The van der Waals surface area contributed by atoms with Crippen LogP contribution in [0.15, 0.2) is 46.1 Å². The van der Waals surface area contributed by atoms with Crippen LogP contribution in [0.4, 0.5) is 0 Å². The predicted octanol–water partition coefficient (Wildman–Crippen LogP) is 1.81. The minimum atomic E-state index is -0.789. The lowest BCUT2D eigenvalue weighted by Gasteiger charge is -2.08. The Bertz CT molecular complexity index is 1160. The summed E-state index contributed by atoms with van der Waals surface area (Å²) in [6.07, 6.45) is 3.09. The Kier molecular flexibility index (Phi) is 4.93. The Morgan fingerprint density at radius 3 is 2.79 bits per heavy atom. The van der Waals surface area contributed by atoms with E-state index in [4.69, 9.17) is 16.1 Å². The Morgan fingerprint density at radius 1 is 1.25 bits per heavy atom. The SMILES string of the molecule is CCc1cnn2ncn(Cc3nc(CC(O)c4ccc(Cl)cc4)no3)c(=O)c12. The van der Waals surface area contributed by atoms with Crippen molar-refractivity contribution in [3.05, 3.63) is 75.0 Å². The van der Waals surface area contributed by atoms with Crippen LogP contribution in [0.1, 0.15) is 35.9 Å². The van der Waals surface area contributed by atoms with Gasteiger partial charge in [0.1, 0.15) is 12.9 Å². The molecule has 1 atom stereocenters. The topological polar surface area (TPSA) is 111 Å². The molecule has 1 N–H and O–H groups in total. The molecule has 0 radical (unpaired) electrons. The van der Waals surface area contributed by atoms with E-state index in [1.54, 1.807) is 30.5 Å². The van der Waals surface area contributed by atoms with Crippen LogP contribution in [0, 0.1) is 0 Å². The third-order valence-electron chi connectivity index (χ3n) is 4.42. The van der Waals surface area contributed by atoms with Crippen LogP contribution < -0.4 is 5.56 Å². The van der Waals surface area contributed by atoms with Crippen molar-refractivity contribution in [3.8, 4) is 0 Å². The van der Waals surface area contributed by atoms with Crippen LogP contribution >= 0.6 is 11.6 Å². The van der Waals surface area contributed by atoms with Crippen LogP contribution in [0.3, 0.4) is 0 Å². The Labute approximate surface area is 164 Å². The molecule has 0 bridgehead atoms. The van der Waals surface area contributed by atoms with Crippen molar-refractivity contribution in [2.75, 3.05) is 0 Å². The number of aliphatic hydroxyl groups is 1. The van der Waals surface area contributed by atoms with Crippen molar-refractivity contribution < 1.29 is 9.63 Å². The molecule has 0 aliphatic rings. The van der Waals surface area contributed by atoms with Crippen molar-refractivity contribution in [1.82, 2.24) is 29.5 Å². The monoisotopic (exact) mass is 400 g/mol. The van der Waals surface area contributed by atoms with Gasteiger partial charge in [-0.1, -0.05) is 35.8 Å². The second-order valence-electron chi connectivity index (χ2n) is 6.30. The molecule has 0 aliphatic heterocycles. The molecular weight excluding hydrogens is 384 g/mol. The van der Waals surface area contributed by atoms with Crippen molar-refractivity contribution in [1.29, 1.82) is 0 Å². The van der Waals surface area contributed by atoms with E-state index in [0.717, 1.165) is 5.56 Å². The van der Waals surface area contributed by atoms with E-state index in [1.807, 2.05) is 6.92 Å². The van der Waals surface area contributed by atoms with Gasteiger partial charge in [0.05, 0.1) is 12.3 Å². The summed E-state index contributed by atoms with van der Waals surface area (Å²) >= 11 is 5.86. The maximum atomic E-state index is 12.7. The summed E-state index contributed by atoms with van der Waals surface area (Å²) in [7, 11) is 0. The van der Waals surface area contributed by atoms with Crippen molar-refractivity contribution >= 4 is 17.1 Å². The number of aryl methyl sites for hydroxylation is 1. The first-order chi connectivity index (χ1) is 13.5. The van der Waals surface area contributed by atoms with Crippen LogP contribution in [0.5, 0.6) is 0 Å². The minimum absolute atomic E-state index is 0.0840. The summed E-state index contributed by atoms with van der Waals surface area (Å²) in [6, 6.07) is 6.90. The lowest BCUT2D eigenvalue weighted by atomic mass is 10.1. The van der Waals surface area contributed by atoms with Gasteiger partial charge in [-0.05, 0) is 24.1 Å². The van der Waals surface area contributed by atoms with Gasteiger partial charge in [-0.3, -0.25) is 9.36 Å². The molecule has 144 valence electrons. The first kappa shape index (κ1) is 18.3. The zero-order valence-electron chi connectivity index (χ0n) is 15.0. The van der Waals surface area contributed by atoms with Gasteiger partial charge in [-0.15, -0.1) is 9.73 Å². The number of aliphatic hydroxyl groups excluding tert-OH is 1. The first-order valence-electron chi connectivity index (χ1n) is 8.72. The van der Waals surface area contributed by atoms with Crippen molar-refractivity contribution in [2.24, 2.45) is 0 Å². The maximum Gasteiger partial charge on any atom is 0.280 e. The summed E-state index contributed by atoms with van der Waals surface area (Å²) in [5, 5.41) is 23.0. The van der Waals surface area contributed by atoms with Crippen LogP contribution in [-0.4, -0.2) is 34.6 Å². The number of benzene rings is 1. The van der Waals surface area contributed by atoms with Gasteiger partial charge < -0.3 is 9.63 Å². The highest BCUT2D eigenvalue weighted by Crippen LogP contribution is 2.19. The van der Waals surface area contributed by atoms with Crippen LogP contribution in [0.25, 0.3) is 5.52 Å². The summed E-state index contributed by atoms with van der Waals surface area (Å²) in [4.78, 5) is 17.0. The van der Waals surface area contributed by atoms with E-state index >= 15 is 0 Å². The number of hydrogen-bond donors (Lipinski definition) is 1. The van der Waals surface area contributed by atoms with Gasteiger partial charge >= 0.3 is 0 Å². The quantitative estimate of drug-likeness (QED) is 0.525. The molecule has 0 spiro atoms. The second kappa shape index (κ2) is 7.53. The molecule has 28 heavy (non-hydrogen) atoms. The Balaban J connectivity index is 1.52. The molecule has 3 heterocycles. The fourth-order valence-corrected chi connectivity index (χ4v) is 3.04.